The van der Waals surface area contributed by atoms with Crippen LogP contribution in [0.4, 0.5) is 0 Å². The van der Waals surface area contributed by atoms with Crippen LogP contribution < -0.4 is 4.74 Å². The number of methoxy groups -OCH3 is 1. The summed E-state index contributed by atoms with van der Waals surface area (Å²) >= 11 is 0. The average molecular weight is 168 g/mol. The van der Waals surface area contributed by atoms with Gasteiger partial charge in [-0.25, -0.2) is 0 Å². The molecule has 3 heteroatoms. The predicted octanol–water partition coefficient (Wildman–Crippen LogP) is 2.04. The normalized spacial score (nSPS) is 11.7. The first-order valence-corrected chi connectivity index (χ1v) is 4.20. The van der Waals surface area contributed by atoms with E-state index in [9.17, 15) is 0 Å². The molecular formula is C9H16N2O. The van der Waals surface area contributed by atoms with E-state index in [2.05, 4.69) is 25.9 Å². The Balaban J connectivity index is 2.88. The van der Waals surface area contributed by atoms with E-state index in [-0.39, 0.29) is 5.54 Å². The second-order valence-corrected chi connectivity index (χ2v) is 3.47. The lowest BCUT2D eigenvalue weighted by atomic mass is 10.0. The van der Waals surface area contributed by atoms with Gasteiger partial charge in [0.1, 0.15) is 0 Å². The van der Waals surface area contributed by atoms with Crippen LogP contribution in [0, 0.1) is 0 Å². The number of hydrogen-bond acceptors (Lipinski definition) is 2. The molecule has 0 aliphatic rings. The number of ether oxygens (including phenoxy) is 1. The Kier molecular flexibility index (Phi) is 2.40. The molecule has 68 valence electrons. The van der Waals surface area contributed by atoms with Gasteiger partial charge in [-0.05, 0) is 20.3 Å². The summed E-state index contributed by atoms with van der Waals surface area (Å²) in [5.74, 6) is 0.677. The van der Waals surface area contributed by atoms with E-state index in [1.165, 1.54) is 0 Å². The van der Waals surface area contributed by atoms with Crippen molar-refractivity contribution in [1.29, 1.82) is 0 Å². The molecule has 1 rings (SSSR count). The van der Waals surface area contributed by atoms with Crippen molar-refractivity contribution in [2.24, 2.45) is 0 Å². The molecule has 0 aliphatic heterocycles. The predicted molar refractivity (Wildman–Crippen MR) is 48.4 cm³/mol. The molecule has 0 N–H and O–H groups in total. The molecule has 0 saturated carbocycles. The first-order chi connectivity index (χ1) is 5.60. The average Bonchev–Trinajstić information content (AvgIpc) is 2.52. The molecule has 0 spiro atoms. The number of aromatic nitrogens is 2. The standard InChI is InChI=1S/C9H16N2O/c1-5-9(2,3)11-7-6-8(10-11)12-4/h6-7H,5H2,1-4H3. The van der Waals surface area contributed by atoms with Crippen molar-refractivity contribution < 1.29 is 4.74 Å². The second kappa shape index (κ2) is 3.17. The van der Waals surface area contributed by atoms with E-state index in [1.807, 2.05) is 16.9 Å². The van der Waals surface area contributed by atoms with Crippen molar-refractivity contribution in [2.75, 3.05) is 7.11 Å². The monoisotopic (exact) mass is 168 g/mol. The van der Waals surface area contributed by atoms with Gasteiger partial charge in [-0.2, -0.15) is 0 Å². The third kappa shape index (κ3) is 1.60. The second-order valence-electron chi connectivity index (χ2n) is 3.47. The van der Waals surface area contributed by atoms with Crippen LogP contribution in [0.5, 0.6) is 5.88 Å². The first-order valence-electron chi connectivity index (χ1n) is 4.20. The third-order valence-electron chi connectivity index (χ3n) is 2.26. The van der Waals surface area contributed by atoms with Crippen LogP contribution in [-0.2, 0) is 5.54 Å². The molecule has 1 heterocycles. The number of hydrogen-bond donors (Lipinski definition) is 0. The fourth-order valence-corrected chi connectivity index (χ4v) is 0.915. The molecule has 1 aromatic heterocycles. The minimum atomic E-state index is 0.0801. The smallest absolute Gasteiger partial charge is 0.232 e. The fraction of sp³-hybridized carbons (Fsp3) is 0.667. The van der Waals surface area contributed by atoms with Crippen LogP contribution in [0.3, 0.4) is 0 Å². The van der Waals surface area contributed by atoms with Crippen LogP contribution in [0.15, 0.2) is 12.3 Å². The molecule has 0 radical (unpaired) electrons. The summed E-state index contributed by atoms with van der Waals surface area (Å²) in [5, 5.41) is 4.27. The van der Waals surface area contributed by atoms with E-state index >= 15 is 0 Å². The van der Waals surface area contributed by atoms with Gasteiger partial charge in [-0.15, -0.1) is 5.10 Å². The summed E-state index contributed by atoms with van der Waals surface area (Å²) in [6.07, 6.45) is 3.00. The van der Waals surface area contributed by atoms with E-state index < -0.39 is 0 Å². The highest BCUT2D eigenvalue weighted by atomic mass is 16.5. The van der Waals surface area contributed by atoms with Crippen LogP contribution in [0.1, 0.15) is 27.2 Å². The van der Waals surface area contributed by atoms with Gasteiger partial charge in [0.15, 0.2) is 0 Å². The summed E-state index contributed by atoms with van der Waals surface area (Å²) in [6, 6.07) is 1.87. The lowest BCUT2D eigenvalue weighted by molar-refractivity contribution is 0.294. The number of rotatable bonds is 3. The van der Waals surface area contributed by atoms with Crippen LogP contribution in [-0.4, -0.2) is 16.9 Å². The van der Waals surface area contributed by atoms with Crippen LogP contribution >= 0.6 is 0 Å². The van der Waals surface area contributed by atoms with Gasteiger partial charge in [-0.3, -0.25) is 4.68 Å². The Morgan fingerprint density at radius 1 is 1.58 bits per heavy atom. The highest BCUT2D eigenvalue weighted by Gasteiger charge is 2.18. The van der Waals surface area contributed by atoms with Crippen molar-refractivity contribution in [3.8, 4) is 5.88 Å². The molecule has 0 aliphatic carbocycles. The Morgan fingerprint density at radius 2 is 2.25 bits per heavy atom. The molecule has 0 bridgehead atoms. The fourth-order valence-electron chi connectivity index (χ4n) is 0.915. The van der Waals surface area contributed by atoms with Crippen LogP contribution in [0.25, 0.3) is 0 Å². The maximum absolute atomic E-state index is 5.00. The van der Waals surface area contributed by atoms with Gasteiger partial charge >= 0.3 is 0 Å². The lowest BCUT2D eigenvalue weighted by Gasteiger charge is -2.22. The summed E-state index contributed by atoms with van der Waals surface area (Å²) in [7, 11) is 1.63. The minimum absolute atomic E-state index is 0.0801. The van der Waals surface area contributed by atoms with Gasteiger partial charge < -0.3 is 4.74 Å². The third-order valence-corrected chi connectivity index (χ3v) is 2.26. The van der Waals surface area contributed by atoms with E-state index in [0.29, 0.717) is 5.88 Å². The maximum atomic E-state index is 5.00. The van der Waals surface area contributed by atoms with Crippen molar-refractivity contribution in [3.05, 3.63) is 12.3 Å². The Hall–Kier alpha value is -0.990. The highest BCUT2D eigenvalue weighted by Crippen LogP contribution is 2.19. The molecule has 0 aromatic carbocycles. The molecule has 0 fully saturated rings. The van der Waals surface area contributed by atoms with E-state index in [4.69, 9.17) is 4.74 Å². The van der Waals surface area contributed by atoms with Gasteiger partial charge in [0, 0.05) is 12.3 Å². The molecule has 0 amide bonds. The van der Waals surface area contributed by atoms with Crippen molar-refractivity contribution in [2.45, 2.75) is 32.7 Å². The molecule has 0 saturated heterocycles. The van der Waals surface area contributed by atoms with Gasteiger partial charge in [0.05, 0.1) is 12.6 Å². The molecule has 12 heavy (non-hydrogen) atoms. The lowest BCUT2D eigenvalue weighted by Crippen LogP contribution is -2.25. The van der Waals surface area contributed by atoms with E-state index in [1.54, 1.807) is 7.11 Å². The summed E-state index contributed by atoms with van der Waals surface area (Å²) < 4.78 is 6.94. The highest BCUT2D eigenvalue weighted by molar-refractivity contribution is 5.06. The largest absolute Gasteiger partial charge is 0.480 e. The quantitative estimate of drug-likeness (QED) is 0.690. The summed E-state index contributed by atoms with van der Waals surface area (Å²) in [5.41, 5.74) is 0.0801. The molecule has 1 aromatic rings. The summed E-state index contributed by atoms with van der Waals surface area (Å²) in [4.78, 5) is 0. The first kappa shape index (κ1) is 9.10. The topological polar surface area (TPSA) is 27.1 Å². The van der Waals surface area contributed by atoms with Crippen molar-refractivity contribution in [1.82, 2.24) is 9.78 Å². The molecule has 3 nitrogen and oxygen atoms in total. The van der Waals surface area contributed by atoms with Gasteiger partial charge in [-0.1, -0.05) is 6.92 Å². The Labute approximate surface area is 73.3 Å². The minimum Gasteiger partial charge on any atom is -0.480 e. The number of nitrogens with zero attached hydrogens (tertiary/aromatic N) is 2. The molecule has 0 atom stereocenters. The molecule has 0 unspecified atom stereocenters. The van der Waals surface area contributed by atoms with Crippen molar-refractivity contribution in [3.63, 3.8) is 0 Å². The van der Waals surface area contributed by atoms with Gasteiger partial charge in [0.25, 0.3) is 0 Å². The molecular weight excluding hydrogens is 152 g/mol. The van der Waals surface area contributed by atoms with E-state index in [0.717, 1.165) is 6.42 Å². The Morgan fingerprint density at radius 3 is 2.67 bits per heavy atom. The van der Waals surface area contributed by atoms with Gasteiger partial charge in [0.2, 0.25) is 5.88 Å². The zero-order valence-electron chi connectivity index (χ0n) is 8.16. The zero-order chi connectivity index (χ0) is 9.19. The summed E-state index contributed by atoms with van der Waals surface area (Å²) in [6.45, 7) is 6.45. The maximum Gasteiger partial charge on any atom is 0.232 e. The SMILES string of the molecule is CCC(C)(C)n1ccc(OC)n1. The van der Waals surface area contributed by atoms with Crippen LogP contribution in [0.2, 0.25) is 0 Å². The van der Waals surface area contributed by atoms with Crippen molar-refractivity contribution >= 4 is 0 Å². The Bertz CT molecular complexity index is 253. The zero-order valence-corrected chi connectivity index (χ0v) is 8.16.